The maximum Gasteiger partial charge on any atom is 0.140 e. The molecule has 0 saturated heterocycles. The van der Waals surface area contributed by atoms with Crippen molar-refractivity contribution in [1.29, 1.82) is 0 Å². The highest BCUT2D eigenvalue weighted by atomic mass is 16.5. The van der Waals surface area contributed by atoms with E-state index < -0.39 is 0 Å². The van der Waals surface area contributed by atoms with Gasteiger partial charge in [-0.25, -0.2) is 0 Å². The van der Waals surface area contributed by atoms with Gasteiger partial charge in [-0.15, -0.1) is 0 Å². The van der Waals surface area contributed by atoms with Crippen molar-refractivity contribution in [3.63, 3.8) is 0 Å². The van der Waals surface area contributed by atoms with E-state index in [-0.39, 0.29) is 0 Å². The Morgan fingerprint density at radius 3 is 2.69 bits per heavy atom. The van der Waals surface area contributed by atoms with Crippen molar-refractivity contribution in [2.75, 3.05) is 0 Å². The van der Waals surface area contributed by atoms with Crippen LogP contribution in [0.2, 0.25) is 0 Å². The number of rotatable bonds is 2. The zero-order valence-corrected chi connectivity index (χ0v) is 15.3. The van der Waals surface area contributed by atoms with Crippen molar-refractivity contribution in [3.8, 4) is 22.8 Å². The van der Waals surface area contributed by atoms with Crippen LogP contribution in [0.25, 0.3) is 32.8 Å². The molecule has 3 aromatic carbocycles. The van der Waals surface area contributed by atoms with Crippen molar-refractivity contribution in [3.05, 3.63) is 65.9 Å². The van der Waals surface area contributed by atoms with Gasteiger partial charge in [0.25, 0.3) is 0 Å². The molecule has 0 bridgehead atoms. The van der Waals surface area contributed by atoms with Gasteiger partial charge < -0.3 is 4.74 Å². The minimum Gasteiger partial charge on any atom is -0.456 e. The molecular weight excluding hydrogens is 318 g/mol. The summed E-state index contributed by atoms with van der Waals surface area (Å²) in [5, 5.41) is 4.80. The Morgan fingerprint density at radius 1 is 1.00 bits per heavy atom. The van der Waals surface area contributed by atoms with Crippen molar-refractivity contribution < 1.29 is 4.74 Å². The minimum atomic E-state index is 0.613. The van der Waals surface area contributed by atoms with E-state index in [4.69, 9.17) is 9.72 Å². The first kappa shape index (κ1) is 15.4. The van der Waals surface area contributed by atoms with Gasteiger partial charge in [-0.1, -0.05) is 44.2 Å². The van der Waals surface area contributed by atoms with Gasteiger partial charge in [-0.2, -0.15) is 0 Å². The molecule has 2 nitrogen and oxygen atoms in total. The van der Waals surface area contributed by atoms with E-state index in [1.165, 1.54) is 27.3 Å². The molecule has 5 rings (SSSR count). The molecule has 0 saturated carbocycles. The number of ether oxygens (including phenoxy) is 1. The van der Waals surface area contributed by atoms with Gasteiger partial charge in [-0.3, -0.25) is 4.98 Å². The molecule has 0 aliphatic carbocycles. The second-order valence-electron chi connectivity index (χ2n) is 7.65. The van der Waals surface area contributed by atoms with Gasteiger partial charge in [0, 0.05) is 17.3 Å². The minimum absolute atomic E-state index is 0.613. The van der Waals surface area contributed by atoms with Crippen LogP contribution in [0.4, 0.5) is 0 Å². The molecule has 2 heterocycles. The quantitative estimate of drug-likeness (QED) is 0.358. The van der Waals surface area contributed by atoms with Crippen LogP contribution in [0.15, 0.2) is 54.7 Å². The summed E-state index contributed by atoms with van der Waals surface area (Å²) in [6.45, 7) is 6.64. The van der Waals surface area contributed by atoms with Crippen molar-refractivity contribution >= 4 is 21.5 Å². The first-order valence-corrected chi connectivity index (χ1v) is 9.24. The summed E-state index contributed by atoms with van der Waals surface area (Å²) in [7, 11) is 0. The Hall–Kier alpha value is -2.87. The van der Waals surface area contributed by atoms with Crippen LogP contribution in [-0.2, 0) is 6.42 Å². The molecule has 0 unspecified atom stereocenters. The molecule has 0 amide bonds. The van der Waals surface area contributed by atoms with E-state index in [0.717, 1.165) is 34.6 Å². The number of fused-ring (bicyclic) bond motifs is 3. The van der Waals surface area contributed by atoms with E-state index in [1.807, 2.05) is 6.20 Å². The lowest BCUT2D eigenvalue weighted by molar-refractivity contribution is 0.482. The molecule has 4 aromatic rings. The van der Waals surface area contributed by atoms with Crippen molar-refractivity contribution in [2.24, 2.45) is 5.92 Å². The number of nitrogens with zero attached hydrogens (tertiary/aromatic N) is 1. The van der Waals surface area contributed by atoms with Crippen LogP contribution in [0.3, 0.4) is 0 Å². The van der Waals surface area contributed by atoms with E-state index in [9.17, 15) is 0 Å². The third-order valence-electron chi connectivity index (χ3n) is 5.25. The van der Waals surface area contributed by atoms with Gasteiger partial charge >= 0.3 is 0 Å². The first-order chi connectivity index (χ1) is 12.6. The maximum absolute atomic E-state index is 6.47. The fourth-order valence-electron chi connectivity index (χ4n) is 4.14. The van der Waals surface area contributed by atoms with E-state index in [2.05, 4.69) is 69.3 Å². The number of aromatic nitrogens is 1. The lowest BCUT2D eigenvalue weighted by Gasteiger charge is -2.24. The SMILES string of the molecule is Cc1c2c(cc3ccccc13)-c1nccc3cc(CC(C)C)cc(c13)O2. The van der Waals surface area contributed by atoms with Crippen LogP contribution in [0, 0.1) is 12.8 Å². The molecule has 2 heteroatoms. The predicted molar refractivity (Wildman–Crippen MR) is 108 cm³/mol. The first-order valence-electron chi connectivity index (χ1n) is 9.24. The molecule has 0 N–H and O–H groups in total. The van der Waals surface area contributed by atoms with Crippen LogP contribution in [-0.4, -0.2) is 4.98 Å². The molecule has 128 valence electrons. The molecule has 26 heavy (non-hydrogen) atoms. The highest BCUT2D eigenvalue weighted by molar-refractivity contribution is 6.05. The van der Waals surface area contributed by atoms with Crippen LogP contribution in [0.1, 0.15) is 25.0 Å². The number of benzene rings is 3. The zero-order valence-electron chi connectivity index (χ0n) is 15.3. The Balaban J connectivity index is 1.83. The van der Waals surface area contributed by atoms with Gasteiger partial charge in [0.2, 0.25) is 0 Å². The average molecular weight is 339 g/mol. The number of pyridine rings is 1. The molecule has 0 spiro atoms. The second kappa shape index (κ2) is 5.57. The largest absolute Gasteiger partial charge is 0.456 e. The predicted octanol–water partition coefficient (Wildman–Crippen LogP) is 6.67. The summed E-state index contributed by atoms with van der Waals surface area (Å²) in [5.74, 6) is 2.49. The summed E-state index contributed by atoms with van der Waals surface area (Å²) < 4.78 is 6.47. The molecule has 1 aliphatic heterocycles. The summed E-state index contributed by atoms with van der Waals surface area (Å²) in [5.41, 5.74) is 4.62. The Kier molecular flexibility index (Phi) is 3.30. The van der Waals surface area contributed by atoms with Crippen LogP contribution < -0.4 is 4.74 Å². The van der Waals surface area contributed by atoms with Gasteiger partial charge in [0.15, 0.2) is 0 Å². The number of hydrogen-bond donors (Lipinski definition) is 0. The smallest absolute Gasteiger partial charge is 0.140 e. The normalized spacial score (nSPS) is 12.5. The van der Waals surface area contributed by atoms with Crippen LogP contribution in [0.5, 0.6) is 11.5 Å². The third kappa shape index (κ3) is 2.22. The lowest BCUT2D eigenvalue weighted by Crippen LogP contribution is -2.03. The van der Waals surface area contributed by atoms with E-state index >= 15 is 0 Å². The molecule has 1 aromatic heterocycles. The standard InChI is InChI=1S/C24H21NO/c1-14(2)10-16-11-18-8-9-25-23-20-13-17-6-4-5-7-19(17)15(3)24(20)26-21(12-16)22(18)23/h4-9,11-14H,10H2,1-3H3. The highest BCUT2D eigenvalue weighted by Gasteiger charge is 2.24. The molecule has 0 fully saturated rings. The van der Waals surface area contributed by atoms with Gasteiger partial charge in [-0.05, 0) is 59.2 Å². The molecule has 0 radical (unpaired) electrons. The topological polar surface area (TPSA) is 22.1 Å². The van der Waals surface area contributed by atoms with Gasteiger partial charge in [0.05, 0.1) is 11.1 Å². The summed E-state index contributed by atoms with van der Waals surface area (Å²) in [6, 6.07) is 17.3. The summed E-state index contributed by atoms with van der Waals surface area (Å²) >= 11 is 0. The monoisotopic (exact) mass is 339 g/mol. The Bertz CT molecular complexity index is 1170. The summed E-state index contributed by atoms with van der Waals surface area (Å²) in [4.78, 5) is 4.74. The number of hydrogen-bond acceptors (Lipinski definition) is 2. The average Bonchev–Trinajstić information content (AvgIpc) is 2.62. The number of aryl methyl sites for hydroxylation is 1. The summed E-state index contributed by atoms with van der Waals surface area (Å²) in [6.07, 6.45) is 2.97. The van der Waals surface area contributed by atoms with Gasteiger partial charge in [0.1, 0.15) is 11.5 Å². The van der Waals surface area contributed by atoms with Crippen LogP contribution >= 0.6 is 0 Å². The Labute approximate surface area is 153 Å². The molecular formula is C24H21NO. The van der Waals surface area contributed by atoms with Crippen molar-refractivity contribution in [1.82, 2.24) is 4.98 Å². The fourth-order valence-corrected chi connectivity index (χ4v) is 4.14. The van der Waals surface area contributed by atoms with Crippen molar-refractivity contribution in [2.45, 2.75) is 27.2 Å². The Morgan fingerprint density at radius 2 is 1.85 bits per heavy atom. The lowest BCUT2D eigenvalue weighted by atomic mass is 9.92. The second-order valence-corrected chi connectivity index (χ2v) is 7.65. The zero-order chi connectivity index (χ0) is 17.8. The highest BCUT2D eigenvalue weighted by Crippen LogP contribution is 2.49. The van der Waals surface area contributed by atoms with E-state index in [1.54, 1.807) is 0 Å². The maximum atomic E-state index is 6.47. The third-order valence-corrected chi connectivity index (χ3v) is 5.25. The molecule has 1 aliphatic rings. The molecule has 0 atom stereocenters. The van der Waals surface area contributed by atoms with E-state index in [0.29, 0.717) is 5.92 Å². The fraction of sp³-hybridized carbons (Fsp3) is 0.208.